The number of benzene rings is 1. The van der Waals surface area contributed by atoms with Gasteiger partial charge >= 0.3 is 6.09 Å². The summed E-state index contributed by atoms with van der Waals surface area (Å²) in [5, 5.41) is 9.77. The molecule has 0 bridgehead atoms. The van der Waals surface area contributed by atoms with Gasteiger partial charge in [-0.25, -0.2) is 9.78 Å². The van der Waals surface area contributed by atoms with E-state index in [-0.39, 0.29) is 12.0 Å². The molecule has 3 heterocycles. The number of ether oxygens (including phenoxy) is 1. The van der Waals surface area contributed by atoms with Crippen LogP contribution in [0.3, 0.4) is 0 Å². The lowest BCUT2D eigenvalue weighted by molar-refractivity contribution is -0.118. The zero-order chi connectivity index (χ0) is 25.8. The molecule has 5 rings (SSSR count). The second kappa shape index (κ2) is 11.5. The summed E-state index contributed by atoms with van der Waals surface area (Å²) in [6.45, 7) is 7.00. The van der Waals surface area contributed by atoms with Gasteiger partial charge in [0.25, 0.3) is 0 Å². The first-order valence-electron chi connectivity index (χ1n) is 13.0. The second-order valence-corrected chi connectivity index (χ2v) is 11.0. The van der Waals surface area contributed by atoms with Crippen LogP contribution in [0.5, 0.6) is 0 Å². The van der Waals surface area contributed by atoms with E-state index in [0.29, 0.717) is 23.4 Å². The van der Waals surface area contributed by atoms with E-state index >= 15 is 0 Å². The molecule has 3 N–H and O–H groups in total. The van der Waals surface area contributed by atoms with E-state index in [0.717, 1.165) is 72.4 Å². The SMILES string of the molecule is Cc1ncc(-c2ccc3nc(NC(=O)CN4CCNCC4C)sc3c2)cc1NC(=O)OC1CCCCC1. The van der Waals surface area contributed by atoms with Gasteiger partial charge in [0, 0.05) is 37.4 Å². The molecule has 0 radical (unpaired) electrons. The maximum Gasteiger partial charge on any atom is 0.411 e. The van der Waals surface area contributed by atoms with Crippen LogP contribution in [0.1, 0.15) is 44.7 Å². The van der Waals surface area contributed by atoms with Crippen molar-refractivity contribution < 1.29 is 14.3 Å². The monoisotopic (exact) mass is 522 g/mol. The van der Waals surface area contributed by atoms with Gasteiger partial charge < -0.3 is 15.4 Å². The minimum Gasteiger partial charge on any atom is -0.446 e. The molecule has 196 valence electrons. The van der Waals surface area contributed by atoms with Gasteiger partial charge in [0.2, 0.25) is 5.91 Å². The van der Waals surface area contributed by atoms with E-state index in [1.165, 1.54) is 17.8 Å². The number of carbonyl (C=O) groups is 2. The third-order valence-corrected chi connectivity index (χ3v) is 8.04. The van der Waals surface area contributed by atoms with Crippen LogP contribution in [0.2, 0.25) is 0 Å². The molecule has 2 aliphatic rings. The van der Waals surface area contributed by atoms with Gasteiger partial charge in [0.1, 0.15) is 6.10 Å². The molecule has 1 saturated heterocycles. The van der Waals surface area contributed by atoms with E-state index in [1.54, 1.807) is 6.20 Å². The molecular weight excluding hydrogens is 488 g/mol. The molecule has 1 saturated carbocycles. The Bertz CT molecular complexity index is 1270. The summed E-state index contributed by atoms with van der Waals surface area (Å²) >= 11 is 1.45. The molecule has 0 spiro atoms. The molecule has 2 amide bonds. The van der Waals surface area contributed by atoms with Crippen molar-refractivity contribution in [3.05, 3.63) is 36.2 Å². The lowest BCUT2D eigenvalue weighted by Crippen LogP contribution is -2.51. The molecule has 1 aliphatic carbocycles. The van der Waals surface area contributed by atoms with Crippen molar-refractivity contribution in [2.75, 3.05) is 36.8 Å². The number of nitrogens with zero attached hydrogens (tertiary/aromatic N) is 3. The highest BCUT2D eigenvalue weighted by molar-refractivity contribution is 7.22. The average Bonchev–Trinajstić information content (AvgIpc) is 3.28. The smallest absolute Gasteiger partial charge is 0.411 e. The number of nitrogens with one attached hydrogen (secondary N) is 3. The fourth-order valence-electron chi connectivity index (χ4n) is 4.91. The quantitative estimate of drug-likeness (QED) is 0.428. The fourth-order valence-corrected chi connectivity index (χ4v) is 5.83. The zero-order valence-electron chi connectivity index (χ0n) is 21.4. The van der Waals surface area contributed by atoms with Crippen molar-refractivity contribution in [2.45, 2.75) is 58.1 Å². The van der Waals surface area contributed by atoms with Crippen molar-refractivity contribution >= 4 is 44.4 Å². The van der Waals surface area contributed by atoms with Crippen molar-refractivity contribution in [2.24, 2.45) is 0 Å². The van der Waals surface area contributed by atoms with E-state index in [4.69, 9.17) is 4.74 Å². The predicted molar refractivity (Wildman–Crippen MR) is 147 cm³/mol. The first-order chi connectivity index (χ1) is 17.9. The van der Waals surface area contributed by atoms with Gasteiger partial charge in [-0.05, 0) is 63.3 Å². The van der Waals surface area contributed by atoms with Crippen LogP contribution in [0, 0.1) is 6.92 Å². The molecular formula is C27H34N6O3S. The molecule has 1 aliphatic heterocycles. The highest BCUT2D eigenvalue weighted by Gasteiger charge is 2.21. The standard InChI is InChI=1S/C27H34N6O3S/c1-17-14-28-10-11-33(17)16-25(34)32-26-30-22-9-8-19(13-24(22)37-26)20-12-23(18(2)29-15-20)31-27(35)36-21-6-4-3-5-7-21/h8-9,12-13,15,17,21,28H,3-7,10-11,14,16H2,1-2H3,(H,31,35)(H,30,32,34). The van der Waals surface area contributed by atoms with Crippen molar-refractivity contribution in [3.8, 4) is 11.1 Å². The number of amides is 2. The number of fused-ring (bicyclic) bond motifs is 1. The van der Waals surface area contributed by atoms with Gasteiger partial charge in [0.15, 0.2) is 5.13 Å². The van der Waals surface area contributed by atoms with Crippen LogP contribution in [0.25, 0.3) is 21.3 Å². The summed E-state index contributed by atoms with van der Waals surface area (Å²) in [6.07, 6.45) is 6.64. The van der Waals surface area contributed by atoms with Crippen LogP contribution in [-0.2, 0) is 9.53 Å². The first kappa shape index (κ1) is 25.6. The number of aromatic nitrogens is 2. The normalized spacial score (nSPS) is 19.0. The third kappa shape index (κ3) is 6.44. The molecule has 1 atom stereocenters. The minimum absolute atomic E-state index is 0.00566. The van der Waals surface area contributed by atoms with Crippen LogP contribution >= 0.6 is 11.3 Å². The molecule has 2 aromatic heterocycles. The lowest BCUT2D eigenvalue weighted by atomic mass is 9.98. The molecule has 1 aromatic carbocycles. The van der Waals surface area contributed by atoms with Gasteiger partial charge in [-0.1, -0.05) is 23.8 Å². The molecule has 37 heavy (non-hydrogen) atoms. The number of rotatable bonds is 6. The van der Waals surface area contributed by atoms with E-state index in [1.807, 2.05) is 31.2 Å². The molecule has 1 unspecified atom stereocenters. The summed E-state index contributed by atoms with van der Waals surface area (Å²) in [5.74, 6) is -0.0495. The lowest BCUT2D eigenvalue weighted by Gasteiger charge is -2.33. The first-order valence-corrected chi connectivity index (χ1v) is 13.9. The molecule has 9 nitrogen and oxygen atoms in total. The van der Waals surface area contributed by atoms with Gasteiger partial charge in [0.05, 0.1) is 28.1 Å². The maximum absolute atomic E-state index is 12.6. The number of aryl methyl sites for hydroxylation is 1. The highest BCUT2D eigenvalue weighted by atomic mass is 32.1. The summed E-state index contributed by atoms with van der Waals surface area (Å²) in [5.41, 5.74) is 4.03. The highest BCUT2D eigenvalue weighted by Crippen LogP contribution is 2.32. The van der Waals surface area contributed by atoms with Gasteiger partial charge in [-0.2, -0.15) is 0 Å². The van der Waals surface area contributed by atoms with Crippen molar-refractivity contribution in [1.29, 1.82) is 0 Å². The Labute approximate surface area is 221 Å². The number of piperazine rings is 1. The zero-order valence-corrected chi connectivity index (χ0v) is 22.2. The van der Waals surface area contributed by atoms with E-state index in [2.05, 4.69) is 37.7 Å². The Balaban J connectivity index is 1.26. The third-order valence-electron chi connectivity index (χ3n) is 7.10. The number of hydrogen-bond acceptors (Lipinski definition) is 8. The van der Waals surface area contributed by atoms with Crippen molar-refractivity contribution in [3.63, 3.8) is 0 Å². The van der Waals surface area contributed by atoms with Crippen LogP contribution in [0.4, 0.5) is 15.6 Å². The number of pyridine rings is 1. The Morgan fingerprint density at radius 2 is 2.00 bits per heavy atom. The topological polar surface area (TPSA) is 108 Å². The Hall–Kier alpha value is -3.08. The number of anilines is 2. The fraction of sp³-hybridized carbons (Fsp3) is 0.481. The van der Waals surface area contributed by atoms with Gasteiger partial charge in [-0.15, -0.1) is 0 Å². The number of hydrogen-bond donors (Lipinski definition) is 3. The predicted octanol–water partition coefficient (Wildman–Crippen LogP) is 4.78. The largest absolute Gasteiger partial charge is 0.446 e. The molecule has 2 fully saturated rings. The van der Waals surface area contributed by atoms with E-state index in [9.17, 15) is 9.59 Å². The Morgan fingerprint density at radius 1 is 1.16 bits per heavy atom. The molecule has 3 aromatic rings. The average molecular weight is 523 g/mol. The van der Waals surface area contributed by atoms with Crippen molar-refractivity contribution in [1.82, 2.24) is 20.2 Å². The summed E-state index contributed by atoms with van der Waals surface area (Å²) in [6, 6.07) is 8.21. The van der Waals surface area contributed by atoms with Crippen LogP contribution in [0.15, 0.2) is 30.5 Å². The maximum atomic E-state index is 12.6. The minimum atomic E-state index is -0.428. The van der Waals surface area contributed by atoms with E-state index < -0.39 is 6.09 Å². The number of thiazole rings is 1. The summed E-state index contributed by atoms with van der Waals surface area (Å²) in [7, 11) is 0. The summed E-state index contributed by atoms with van der Waals surface area (Å²) in [4.78, 5) is 36.4. The second-order valence-electron chi connectivity index (χ2n) is 9.92. The molecule has 10 heteroatoms. The van der Waals surface area contributed by atoms with Crippen LogP contribution < -0.4 is 16.0 Å². The number of carbonyl (C=O) groups excluding carboxylic acids is 2. The van der Waals surface area contributed by atoms with Gasteiger partial charge in [-0.3, -0.25) is 20.0 Å². The summed E-state index contributed by atoms with van der Waals surface area (Å²) < 4.78 is 6.58. The Kier molecular flexibility index (Phi) is 7.97. The Morgan fingerprint density at radius 3 is 2.81 bits per heavy atom. The van der Waals surface area contributed by atoms with Crippen LogP contribution in [-0.4, -0.2) is 65.2 Å².